The van der Waals surface area contributed by atoms with Gasteiger partial charge in [0, 0.05) is 18.4 Å². The molecule has 0 saturated heterocycles. The average molecular weight is 383 g/mol. The summed E-state index contributed by atoms with van der Waals surface area (Å²) in [4.78, 5) is 22.7. The standard InChI is InChI=1S/C16H15ClN2O5S/c1-10(11-3-6-13(7-4-11)25(2,23)24)18-16(20)14-9-12(19(21)22)5-8-15(14)17/h3-10H,1-2H3,(H,18,20). The third-order valence-corrected chi connectivity index (χ3v) is 5.02. The highest BCUT2D eigenvalue weighted by Gasteiger charge is 2.18. The van der Waals surface area contributed by atoms with Gasteiger partial charge in [0.25, 0.3) is 11.6 Å². The first kappa shape index (κ1) is 18.9. The van der Waals surface area contributed by atoms with Gasteiger partial charge >= 0.3 is 0 Å². The van der Waals surface area contributed by atoms with Crippen molar-refractivity contribution >= 4 is 33.0 Å². The number of nitrogens with zero attached hydrogens (tertiary/aromatic N) is 1. The van der Waals surface area contributed by atoms with Crippen molar-refractivity contribution in [2.24, 2.45) is 0 Å². The number of nitrogens with one attached hydrogen (secondary N) is 1. The number of nitro groups is 1. The van der Waals surface area contributed by atoms with Crippen molar-refractivity contribution in [1.29, 1.82) is 0 Å². The molecule has 7 nitrogen and oxygen atoms in total. The van der Waals surface area contributed by atoms with Crippen LogP contribution in [-0.2, 0) is 9.84 Å². The van der Waals surface area contributed by atoms with E-state index in [0.29, 0.717) is 5.56 Å². The van der Waals surface area contributed by atoms with Gasteiger partial charge in [-0.1, -0.05) is 23.7 Å². The Morgan fingerprint density at radius 3 is 2.32 bits per heavy atom. The fourth-order valence-electron chi connectivity index (χ4n) is 2.16. The van der Waals surface area contributed by atoms with E-state index in [-0.39, 0.29) is 21.2 Å². The van der Waals surface area contributed by atoms with Gasteiger partial charge in [-0.15, -0.1) is 0 Å². The van der Waals surface area contributed by atoms with E-state index >= 15 is 0 Å². The Labute approximate surface area is 149 Å². The predicted octanol–water partition coefficient (Wildman–Crippen LogP) is 3.14. The molecule has 1 N–H and O–H groups in total. The summed E-state index contributed by atoms with van der Waals surface area (Å²) in [6, 6.07) is 9.26. The molecule has 2 aromatic carbocycles. The molecule has 25 heavy (non-hydrogen) atoms. The zero-order valence-corrected chi connectivity index (χ0v) is 15.0. The van der Waals surface area contributed by atoms with Gasteiger partial charge < -0.3 is 5.32 Å². The highest BCUT2D eigenvalue weighted by atomic mass is 35.5. The first-order valence-corrected chi connectivity index (χ1v) is 9.41. The molecule has 132 valence electrons. The van der Waals surface area contributed by atoms with Crippen molar-refractivity contribution in [3.05, 3.63) is 68.7 Å². The lowest BCUT2D eigenvalue weighted by Crippen LogP contribution is -2.27. The molecule has 0 saturated carbocycles. The van der Waals surface area contributed by atoms with Crippen molar-refractivity contribution in [2.45, 2.75) is 17.9 Å². The van der Waals surface area contributed by atoms with Crippen molar-refractivity contribution in [3.8, 4) is 0 Å². The summed E-state index contributed by atoms with van der Waals surface area (Å²) in [5.41, 5.74) is 0.442. The van der Waals surface area contributed by atoms with E-state index in [1.807, 2.05) is 0 Å². The van der Waals surface area contributed by atoms with Gasteiger partial charge in [-0.05, 0) is 30.7 Å². The number of halogens is 1. The van der Waals surface area contributed by atoms with E-state index in [9.17, 15) is 23.3 Å². The molecule has 1 unspecified atom stereocenters. The van der Waals surface area contributed by atoms with E-state index in [1.165, 1.54) is 24.3 Å². The molecule has 2 aromatic rings. The second-order valence-electron chi connectivity index (χ2n) is 5.46. The maximum absolute atomic E-state index is 12.3. The monoisotopic (exact) mass is 382 g/mol. The van der Waals surface area contributed by atoms with Gasteiger partial charge in [0.05, 0.1) is 26.4 Å². The predicted molar refractivity (Wildman–Crippen MR) is 93.5 cm³/mol. The summed E-state index contributed by atoms with van der Waals surface area (Å²) in [6.07, 6.45) is 1.11. The number of hydrogen-bond acceptors (Lipinski definition) is 5. The van der Waals surface area contributed by atoms with Crippen LogP contribution in [0.1, 0.15) is 28.9 Å². The third-order valence-electron chi connectivity index (χ3n) is 3.56. The summed E-state index contributed by atoms with van der Waals surface area (Å²) in [6.45, 7) is 1.71. The minimum atomic E-state index is -3.30. The number of non-ortho nitro benzene ring substituents is 1. The lowest BCUT2D eigenvalue weighted by molar-refractivity contribution is -0.384. The van der Waals surface area contributed by atoms with Crippen LogP contribution in [0.3, 0.4) is 0 Å². The van der Waals surface area contributed by atoms with Crippen LogP contribution in [0.15, 0.2) is 47.4 Å². The van der Waals surface area contributed by atoms with Crippen LogP contribution in [0.4, 0.5) is 5.69 Å². The number of hydrogen-bond donors (Lipinski definition) is 1. The van der Waals surface area contributed by atoms with Gasteiger partial charge in [0.1, 0.15) is 0 Å². The summed E-state index contributed by atoms with van der Waals surface area (Å²) in [5, 5.41) is 13.6. The maximum Gasteiger partial charge on any atom is 0.270 e. The molecular weight excluding hydrogens is 368 g/mol. The second-order valence-corrected chi connectivity index (χ2v) is 7.88. The van der Waals surface area contributed by atoms with Gasteiger partial charge in [0.2, 0.25) is 0 Å². The van der Waals surface area contributed by atoms with Crippen molar-refractivity contribution < 1.29 is 18.1 Å². The molecule has 1 amide bonds. The van der Waals surface area contributed by atoms with Crippen molar-refractivity contribution in [3.63, 3.8) is 0 Å². The molecule has 1 atom stereocenters. The van der Waals surface area contributed by atoms with Gasteiger partial charge in [-0.25, -0.2) is 8.42 Å². The second kappa shape index (κ2) is 7.20. The fourth-order valence-corrected chi connectivity index (χ4v) is 3.00. The van der Waals surface area contributed by atoms with Gasteiger partial charge in [0.15, 0.2) is 9.84 Å². The summed E-state index contributed by atoms with van der Waals surface area (Å²) < 4.78 is 22.9. The molecule has 0 aliphatic heterocycles. The van der Waals surface area contributed by atoms with Crippen LogP contribution in [0, 0.1) is 10.1 Å². The van der Waals surface area contributed by atoms with Crippen LogP contribution in [-0.4, -0.2) is 25.5 Å². The number of sulfone groups is 1. The number of carbonyl (C=O) groups is 1. The van der Waals surface area contributed by atoms with Crippen LogP contribution >= 0.6 is 11.6 Å². The topological polar surface area (TPSA) is 106 Å². The third kappa shape index (κ3) is 4.55. The number of carbonyl (C=O) groups excluding carboxylic acids is 1. The van der Waals surface area contributed by atoms with Crippen molar-refractivity contribution in [2.75, 3.05) is 6.26 Å². The molecule has 0 aliphatic rings. The Bertz CT molecular complexity index is 926. The Morgan fingerprint density at radius 2 is 1.80 bits per heavy atom. The molecule has 0 bridgehead atoms. The van der Waals surface area contributed by atoms with Crippen LogP contribution in [0.25, 0.3) is 0 Å². The zero-order chi connectivity index (χ0) is 18.8. The molecule has 9 heteroatoms. The highest BCUT2D eigenvalue weighted by molar-refractivity contribution is 7.90. The highest BCUT2D eigenvalue weighted by Crippen LogP contribution is 2.23. The minimum Gasteiger partial charge on any atom is -0.345 e. The van der Waals surface area contributed by atoms with E-state index < -0.39 is 26.7 Å². The van der Waals surface area contributed by atoms with E-state index in [0.717, 1.165) is 12.3 Å². The molecule has 0 aromatic heterocycles. The normalized spacial score (nSPS) is 12.4. The average Bonchev–Trinajstić information content (AvgIpc) is 2.54. The van der Waals surface area contributed by atoms with Gasteiger partial charge in [-0.2, -0.15) is 0 Å². The van der Waals surface area contributed by atoms with Gasteiger partial charge in [-0.3, -0.25) is 14.9 Å². The molecule has 0 fully saturated rings. The van der Waals surface area contributed by atoms with Crippen LogP contribution < -0.4 is 5.32 Å². The lowest BCUT2D eigenvalue weighted by atomic mass is 10.1. The molecule has 2 rings (SSSR count). The first-order chi connectivity index (χ1) is 11.6. The number of benzene rings is 2. The van der Waals surface area contributed by atoms with Crippen LogP contribution in [0.5, 0.6) is 0 Å². The molecule has 0 radical (unpaired) electrons. The first-order valence-electron chi connectivity index (χ1n) is 7.14. The number of amides is 1. The van der Waals surface area contributed by atoms with Crippen molar-refractivity contribution in [1.82, 2.24) is 5.32 Å². The quantitative estimate of drug-likeness (QED) is 0.631. The van der Waals surface area contributed by atoms with Crippen LogP contribution in [0.2, 0.25) is 5.02 Å². The largest absolute Gasteiger partial charge is 0.345 e. The molecule has 0 aliphatic carbocycles. The van der Waals surface area contributed by atoms with E-state index in [4.69, 9.17) is 11.6 Å². The summed E-state index contributed by atoms with van der Waals surface area (Å²) in [5.74, 6) is -0.562. The number of rotatable bonds is 5. The fraction of sp³-hybridized carbons (Fsp3) is 0.188. The SMILES string of the molecule is CC(NC(=O)c1cc([N+](=O)[O-])ccc1Cl)c1ccc(S(C)(=O)=O)cc1. The number of nitro benzene ring substituents is 1. The molecule has 0 spiro atoms. The Balaban J connectivity index is 2.20. The van der Waals surface area contributed by atoms with E-state index in [2.05, 4.69) is 5.32 Å². The summed E-state index contributed by atoms with van der Waals surface area (Å²) in [7, 11) is -3.30. The molecule has 0 heterocycles. The Hall–Kier alpha value is -2.45. The zero-order valence-electron chi connectivity index (χ0n) is 13.4. The Morgan fingerprint density at radius 1 is 1.20 bits per heavy atom. The summed E-state index contributed by atoms with van der Waals surface area (Å²) >= 11 is 5.95. The van der Waals surface area contributed by atoms with E-state index in [1.54, 1.807) is 19.1 Å². The smallest absolute Gasteiger partial charge is 0.270 e. The maximum atomic E-state index is 12.3. The minimum absolute atomic E-state index is 0.00419. The molecular formula is C16H15ClN2O5S. The Kier molecular flexibility index (Phi) is 5.44. The lowest BCUT2D eigenvalue weighted by Gasteiger charge is -2.15.